The molecule has 0 aliphatic carbocycles. The molecule has 0 bridgehead atoms. The predicted molar refractivity (Wildman–Crippen MR) is 85.7 cm³/mol. The van der Waals surface area contributed by atoms with E-state index in [-0.39, 0.29) is 17.2 Å². The molecule has 0 aliphatic rings. The van der Waals surface area contributed by atoms with Crippen LogP contribution < -0.4 is 5.32 Å². The molecule has 0 atom stereocenters. The van der Waals surface area contributed by atoms with Crippen LogP contribution in [0.3, 0.4) is 0 Å². The SMILES string of the molecule is CCOC(=O)/C(=C\NC)C(=O)c1nc(-c2ccccc2)cs1. The molecule has 1 aromatic carbocycles. The summed E-state index contributed by atoms with van der Waals surface area (Å²) in [6, 6.07) is 9.55. The molecule has 2 aromatic rings. The highest BCUT2D eigenvalue weighted by Gasteiger charge is 2.23. The van der Waals surface area contributed by atoms with Crippen molar-refractivity contribution >= 4 is 23.1 Å². The summed E-state index contributed by atoms with van der Waals surface area (Å²) in [4.78, 5) is 28.6. The van der Waals surface area contributed by atoms with Crippen molar-refractivity contribution in [2.24, 2.45) is 0 Å². The zero-order valence-electron chi connectivity index (χ0n) is 12.3. The lowest BCUT2D eigenvalue weighted by molar-refractivity contribution is -0.138. The van der Waals surface area contributed by atoms with Crippen LogP contribution >= 0.6 is 11.3 Å². The first-order chi connectivity index (χ1) is 10.7. The zero-order chi connectivity index (χ0) is 15.9. The summed E-state index contributed by atoms with van der Waals surface area (Å²) in [6.07, 6.45) is 1.34. The van der Waals surface area contributed by atoms with Crippen LogP contribution in [0.4, 0.5) is 0 Å². The Morgan fingerprint density at radius 1 is 1.32 bits per heavy atom. The Bertz CT molecular complexity index is 692. The van der Waals surface area contributed by atoms with Crippen LogP contribution in [0.25, 0.3) is 11.3 Å². The van der Waals surface area contributed by atoms with Gasteiger partial charge >= 0.3 is 5.97 Å². The first-order valence-corrected chi connectivity index (χ1v) is 7.65. The fourth-order valence-corrected chi connectivity index (χ4v) is 2.59. The van der Waals surface area contributed by atoms with Crippen LogP contribution in [0.1, 0.15) is 16.7 Å². The smallest absolute Gasteiger partial charge is 0.343 e. The number of carbonyl (C=O) groups is 2. The van der Waals surface area contributed by atoms with E-state index >= 15 is 0 Å². The monoisotopic (exact) mass is 316 g/mol. The maximum Gasteiger partial charge on any atom is 0.343 e. The van der Waals surface area contributed by atoms with E-state index in [0.717, 1.165) is 5.56 Å². The van der Waals surface area contributed by atoms with Gasteiger partial charge in [-0.2, -0.15) is 0 Å². The Morgan fingerprint density at radius 3 is 2.68 bits per heavy atom. The topological polar surface area (TPSA) is 68.3 Å². The van der Waals surface area contributed by atoms with Gasteiger partial charge in [0.2, 0.25) is 5.78 Å². The van der Waals surface area contributed by atoms with Crippen molar-refractivity contribution < 1.29 is 14.3 Å². The lowest BCUT2D eigenvalue weighted by Crippen LogP contribution is -2.18. The Hall–Kier alpha value is -2.47. The maximum atomic E-state index is 12.4. The van der Waals surface area contributed by atoms with Crippen LogP contribution in [-0.4, -0.2) is 30.4 Å². The second-order valence-corrected chi connectivity index (χ2v) is 5.16. The molecule has 0 spiro atoms. The lowest BCUT2D eigenvalue weighted by Gasteiger charge is -2.04. The quantitative estimate of drug-likeness (QED) is 0.292. The van der Waals surface area contributed by atoms with E-state index in [1.165, 1.54) is 17.5 Å². The van der Waals surface area contributed by atoms with Crippen LogP contribution in [0.5, 0.6) is 0 Å². The minimum atomic E-state index is -0.654. The van der Waals surface area contributed by atoms with Gasteiger partial charge in [-0.25, -0.2) is 9.78 Å². The molecule has 0 radical (unpaired) electrons. The molecule has 1 N–H and O–H groups in total. The number of thiazole rings is 1. The molecule has 0 fully saturated rings. The Labute approximate surface area is 132 Å². The molecule has 2 rings (SSSR count). The average Bonchev–Trinajstić information content (AvgIpc) is 3.03. The number of aromatic nitrogens is 1. The van der Waals surface area contributed by atoms with Crippen molar-refractivity contribution in [3.8, 4) is 11.3 Å². The summed E-state index contributed by atoms with van der Waals surface area (Å²) in [7, 11) is 1.61. The number of hydrogen-bond acceptors (Lipinski definition) is 6. The summed E-state index contributed by atoms with van der Waals surface area (Å²) in [5, 5.41) is 4.74. The minimum absolute atomic E-state index is 0.0571. The third-order valence-electron chi connectivity index (χ3n) is 2.80. The van der Waals surface area contributed by atoms with Gasteiger partial charge in [-0.05, 0) is 6.92 Å². The van der Waals surface area contributed by atoms with Crippen molar-refractivity contribution in [2.75, 3.05) is 13.7 Å². The predicted octanol–water partition coefficient (Wildman–Crippen LogP) is 2.66. The molecule has 6 heteroatoms. The second kappa shape index (κ2) is 7.51. The Kier molecular flexibility index (Phi) is 5.43. The number of nitrogens with zero attached hydrogens (tertiary/aromatic N) is 1. The third-order valence-corrected chi connectivity index (χ3v) is 3.64. The number of nitrogens with one attached hydrogen (secondary N) is 1. The van der Waals surface area contributed by atoms with Gasteiger partial charge in [0.15, 0.2) is 5.01 Å². The molecule has 0 unspecified atom stereocenters. The number of carbonyl (C=O) groups excluding carboxylic acids is 2. The lowest BCUT2D eigenvalue weighted by atomic mass is 10.1. The Balaban J connectivity index is 2.27. The summed E-state index contributed by atoms with van der Waals surface area (Å²) in [6.45, 7) is 1.90. The van der Waals surface area contributed by atoms with Gasteiger partial charge in [0.1, 0.15) is 5.57 Å². The number of hydrogen-bond donors (Lipinski definition) is 1. The second-order valence-electron chi connectivity index (χ2n) is 4.30. The third kappa shape index (κ3) is 3.59. The molecular weight excluding hydrogens is 300 g/mol. The van der Waals surface area contributed by atoms with Gasteiger partial charge in [0.05, 0.1) is 12.3 Å². The van der Waals surface area contributed by atoms with Crippen LogP contribution in [0, 0.1) is 0 Å². The molecule has 0 saturated carbocycles. The van der Waals surface area contributed by atoms with Gasteiger partial charge in [-0.1, -0.05) is 30.3 Å². The van der Waals surface area contributed by atoms with Crippen LogP contribution in [0.15, 0.2) is 47.5 Å². The summed E-state index contributed by atoms with van der Waals surface area (Å²) >= 11 is 1.21. The fraction of sp³-hybridized carbons (Fsp3) is 0.188. The van der Waals surface area contributed by atoms with Gasteiger partial charge in [0, 0.05) is 24.2 Å². The summed E-state index contributed by atoms with van der Waals surface area (Å²) in [5.74, 6) is -1.10. The standard InChI is InChI=1S/C16H16N2O3S/c1-3-21-16(20)12(9-17-2)14(19)15-18-13(10-22-15)11-7-5-4-6-8-11/h4-10,17H,3H2,1-2H3/b12-9-. The molecular formula is C16H16N2O3S. The van der Waals surface area contributed by atoms with Crippen molar-refractivity contribution in [1.82, 2.24) is 10.3 Å². The van der Waals surface area contributed by atoms with Crippen molar-refractivity contribution in [3.63, 3.8) is 0 Å². The largest absolute Gasteiger partial charge is 0.462 e. The number of ether oxygens (including phenoxy) is 1. The molecule has 114 valence electrons. The number of benzene rings is 1. The van der Waals surface area contributed by atoms with Gasteiger partial charge in [0.25, 0.3) is 0 Å². The van der Waals surface area contributed by atoms with Gasteiger partial charge in [-0.3, -0.25) is 4.79 Å². The number of Topliss-reactive ketones (excluding diaryl/α,β-unsaturated/α-hetero) is 1. The van der Waals surface area contributed by atoms with Gasteiger partial charge < -0.3 is 10.1 Å². The average molecular weight is 316 g/mol. The minimum Gasteiger partial charge on any atom is -0.462 e. The molecule has 1 aromatic heterocycles. The van der Waals surface area contributed by atoms with E-state index in [1.54, 1.807) is 19.4 Å². The van der Waals surface area contributed by atoms with E-state index in [4.69, 9.17) is 4.74 Å². The molecule has 5 nitrogen and oxygen atoms in total. The van der Waals surface area contributed by atoms with Gasteiger partial charge in [-0.15, -0.1) is 11.3 Å². The van der Waals surface area contributed by atoms with E-state index < -0.39 is 11.8 Å². The number of esters is 1. The highest BCUT2D eigenvalue weighted by atomic mass is 32.1. The molecule has 0 amide bonds. The summed E-state index contributed by atoms with van der Waals surface area (Å²) in [5.41, 5.74) is 1.58. The van der Waals surface area contributed by atoms with Crippen molar-refractivity contribution in [1.29, 1.82) is 0 Å². The first kappa shape index (κ1) is 15.9. The van der Waals surface area contributed by atoms with Crippen LogP contribution in [0.2, 0.25) is 0 Å². The Morgan fingerprint density at radius 2 is 2.05 bits per heavy atom. The highest BCUT2D eigenvalue weighted by molar-refractivity contribution is 7.12. The van der Waals surface area contributed by atoms with E-state index in [1.807, 2.05) is 30.3 Å². The molecule has 22 heavy (non-hydrogen) atoms. The normalized spacial score (nSPS) is 11.1. The fourth-order valence-electron chi connectivity index (χ4n) is 1.81. The maximum absolute atomic E-state index is 12.4. The van der Waals surface area contributed by atoms with Crippen molar-refractivity contribution in [3.05, 3.63) is 52.5 Å². The van der Waals surface area contributed by atoms with Crippen LogP contribution in [-0.2, 0) is 9.53 Å². The van der Waals surface area contributed by atoms with E-state index in [0.29, 0.717) is 5.69 Å². The number of ketones is 1. The number of rotatable bonds is 6. The molecule has 1 heterocycles. The molecule has 0 aliphatic heterocycles. The highest BCUT2D eigenvalue weighted by Crippen LogP contribution is 2.23. The van der Waals surface area contributed by atoms with E-state index in [9.17, 15) is 9.59 Å². The van der Waals surface area contributed by atoms with E-state index in [2.05, 4.69) is 10.3 Å². The first-order valence-electron chi connectivity index (χ1n) is 6.77. The zero-order valence-corrected chi connectivity index (χ0v) is 13.1. The van der Waals surface area contributed by atoms with Crippen molar-refractivity contribution in [2.45, 2.75) is 6.92 Å². The molecule has 0 saturated heterocycles. The summed E-state index contributed by atoms with van der Waals surface area (Å²) < 4.78 is 4.90.